The van der Waals surface area contributed by atoms with Crippen LogP contribution in [-0.2, 0) is 9.59 Å². The molecule has 0 aliphatic carbocycles. The van der Waals surface area contributed by atoms with Crippen LogP contribution in [0.4, 0.5) is 0 Å². The van der Waals surface area contributed by atoms with Crippen LogP contribution < -0.4 is 5.32 Å². The van der Waals surface area contributed by atoms with Gasteiger partial charge in [-0.1, -0.05) is 0 Å². The molecule has 2 amide bonds. The molecule has 2 aliphatic rings. The summed E-state index contributed by atoms with van der Waals surface area (Å²) in [5.74, 6) is 1.24. The number of hydrogen-bond acceptors (Lipinski definition) is 4. The quantitative estimate of drug-likeness (QED) is 0.809. The van der Waals surface area contributed by atoms with Crippen molar-refractivity contribution in [2.24, 2.45) is 0 Å². The number of nitrogens with one attached hydrogen (secondary N) is 1. The summed E-state index contributed by atoms with van der Waals surface area (Å²) in [6.45, 7) is 3.41. The molecule has 1 atom stereocenters. The van der Waals surface area contributed by atoms with Gasteiger partial charge in [0.05, 0.1) is 11.8 Å². The molecule has 7 heteroatoms. The molecule has 1 unspecified atom stereocenters. The van der Waals surface area contributed by atoms with E-state index in [-0.39, 0.29) is 36.0 Å². The van der Waals surface area contributed by atoms with E-state index >= 15 is 0 Å². The number of halogens is 1. The van der Waals surface area contributed by atoms with E-state index in [0.29, 0.717) is 0 Å². The van der Waals surface area contributed by atoms with Crippen LogP contribution >= 0.6 is 24.2 Å². The molecule has 2 fully saturated rings. The van der Waals surface area contributed by atoms with Gasteiger partial charge in [0.1, 0.15) is 0 Å². The maximum absolute atomic E-state index is 12.1. The van der Waals surface area contributed by atoms with Crippen LogP contribution in [-0.4, -0.2) is 72.4 Å². The molecule has 110 valence electrons. The van der Waals surface area contributed by atoms with Crippen molar-refractivity contribution in [1.82, 2.24) is 15.1 Å². The van der Waals surface area contributed by atoms with E-state index in [1.165, 1.54) is 0 Å². The Bertz CT molecular complexity index is 318. The molecule has 1 N–H and O–H groups in total. The number of rotatable bonds is 3. The van der Waals surface area contributed by atoms with Gasteiger partial charge in [-0.3, -0.25) is 9.59 Å². The Hall–Kier alpha value is -0.460. The molecular weight excluding hydrogens is 286 g/mol. The van der Waals surface area contributed by atoms with Crippen LogP contribution in [0.3, 0.4) is 0 Å². The lowest BCUT2D eigenvalue weighted by atomic mass is 10.2. The summed E-state index contributed by atoms with van der Waals surface area (Å²) < 4.78 is 0. The lowest BCUT2D eigenvalue weighted by molar-refractivity contribution is -0.139. The van der Waals surface area contributed by atoms with Crippen molar-refractivity contribution < 1.29 is 9.59 Å². The molecule has 0 aromatic heterocycles. The van der Waals surface area contributed by atoms with Gasteiger partial charge in [0, 0.05) is 33.2 Å². The molecule has 2 heterocycles. The van der Waals surface area contributed by atoms with Crippen LogP contribution in [0.1, 0.15) is 12.8 Å². The maximum Gasteiger partial charge on any atom is 0.242 e. The Kier molecular flexibility index (Phi) is 6.96. The fraction of sp³-hybridized carbons (Fsp3) is 0.833. The highest BCUT2D eigenvalue weighted by atomic mass is 35.5. The van der Waals surface area contributed by atoms with Crippen molar-refractivity contribution in [1.29, 1.82) is 0 Å². The number of thioether (sulfide) groups is 1. The fourth-order valence-corrected chi connectivity index (χ4v) is 3.59. The third-order valence-corrected chi connectivity index (χ3v) is 4.79. The molecule has 2 saturated heterocycles. The minimum absolute atomic E-state index is 0. The summed E-state index contributed by atoms with van der Waals surface area (Å²) >= 11 is 1.72. The first-order valence-corrected chi connectivity index (χ1v) is 7.58. The standard InChI is InChI=1S/C12H21N3O2S.ClH/c1-14(12(17)10-3-2-8-18-10)9-11(16)15-6-4-13-5-7-15;/h10,13H,2-9H2,1H3;1H. The number of likely N-dealkylation sites (N-methyl/N-ethyl adjacent to an activating group) is 1. The highest BCUT2D eigenvalue weighted by Gasteiger charge is 2.28. The molecular formula is C12H22ClN3O2S. The Labute approximate surface area is 124 Å². The topological polar surface area (TPSA) is 52.7 Å². The van der Waals surface area contributed by atoms with Crippen LogP contribution in [0.15, 0.2) is 0 Å². The zero-order valence-corrected chi connectivity index (χ0v) is 12.9. The van der Waals surface area contributed by atoms with Gasteiger partial charge in [0.2, 0.25) is 11.8 Å². The summed E-state index contributed by atoms with van der Waals surface area (Å²) in [6.07, 6.45) is 2.07. The summed E-state index contributed by atoms with van der Waals surface area (Å²) in [6, 6.07) is 0. The average molecular weight is 308 g/mol. The van der Waals surface area contributed by atoms with Crippen LogP contribution in [0.25, 0.3) is 0 Å². The zero-order valence-electron chi connectivity index (χ0n) is 11.3. The minimum Gasteiger partial charge on any atom is -0.339 e. The maximum atomic E-state index is 12.1. The monoisotopic (exact) mass is 307 g/mol. The fourth-order valence-electron chi connectivity index (χ4n) is 2.31. The van der Waals surface area contributed by atoms with Crippen molar-refractivity contribution in [3.05, 3.63) is 0 Å². The van der Waals surface area contributed by atoms with Gasteiger partial charge < -0.3 is 15.1 Å². The number of hydrogen-bond donors (Lipinski definition) is 1. The van der Waals surface area contributed by atoms with Crippen molar-refractivity contribution in [2.75, 3.05) is 45.5 Å². The van der Waals surface area contributed by atoms with Gasteiger partial charge >= 0.3 is 0 Å². The molecule has 2 rings (SSSR count). The number of nitrogens with zero attached hydrogens (tertiary/aromatic N) is 2. The number of carbonyl (C=O) groups excluding carboxylic acids is 2. The van der Waals surface area contributed by atoms with Gasteiger partial charge in [0.15, 0.2) is 0 Å². The first-order chi connectivity index (χ1) is 8.68. The third kappa shape index (κ3) is 4.54. The lowest BCUT2D eigenvalue weighted by Gasteiger charge is -2.29. The van der Waals surface area contributed by atoms with Gasteiger partial charge in [-0.2, -0.15) is 0 Å². The Morgan fingerprint density at radius 3 is 2.63 bits per heavy atom. The number of amides is 2. The molecule has 5 nitrogen and oxygen atoms in total. The smallest absolute Gasteiger partial charge is 0.242 e. The number of piperazine rings is 1. The van der Waals surface area contributed by atoms with E-state index in [9.17, 15) is 9.59 Å². The zero-order chi connectivity index (χ0) is 13.0. The van der Waals surface area contributed by atoms with Crippen LogP contribution in [0.5, 0.6) is 0 Å². The number of carbonyl (C=O) groups is 2. The normalized spacial score (nSPS) is 22.8. The predicted octanol–water partition coefficient (Wildman–Crippen LogP) is 0.194. The first kappa shape index (κ1) is 16.6. The average Bonchev–Trinajstić information content (AvgIpc) is 2.92. The summed E-state index contributed by atoms with van der Waals surface area (Å²) in [4.78, 5) is 27.5. The minimum atomic E-state index is 0. The third-order valence-electron chi connectivity index (χ3n) is 3.42. The van der Waals surface area contributed by atoms with Crippen molar-refractivity contribution in [2.45, 2.75) is 18.1 Å². The van der Waals surface area contributed by atoms with E-state index in [2.05, 4.69) is 5.32 Å². The summed E-state index contributed by atoms with van der Waals surface area (Å²) in [5.41, 5.74) is 0. The van der Waals surface area contributed by atoms with E-state index in [1.54, 1.807) is 23.7 Å². The molecule has 19 heavy (non-hydrogen) atoms. The van der Waals surface area contributed by atoms with E-state index in [4.69, 9.17) is 0 Å². The summed E-state index contributed by atoms with van der Waals surface area (Å²) in [7, 11) is 1.74. The second-order valence-corrected chi connectivity index (χ2v) is 6.14. The van der Waals surface area contributed by atoms with E-state index in [0.717, 1.165) is 44.8 Å². The van der Waals surface area contributed by atoms with Crippen molar-refractivity contribution in [3.8, 4) is 0 Å². The molecule has 0 saturated carbocycles. The van der Waals surface area contributed by atoms with Gasteiger partial charge in [0.25, 0.3) is 0 Å². The lowest BCUT2D eigenvalue weighted by Crippen LogP contribution is -2.50. The van der Waals surface area contributed by atoms with E-state index < -0.39 is 0 Å². The predicted molar refractivity (Wildman–Crippen MR) is 79.8 cm³/mol. The highest BCUT2D eigenvalue weighted by Crippen LogP contribution is 2.27. The first-order valence-electron chi connectivity index (χ1n) is 6.53. The molecule has 0 aromatic carbocycles. The summed E-state index contributed by atoms with van der Waals surface area (Å²) in [5, 5.41) is 3.29. The molecule has 0 bridgehead atoms. The van der Waals surface area contributed by atoms with Gasteiger partial charge in [-0.05, 0) is 18.6 Å². The molecule has 0 spiro atoms. The Morgan fingerprint density at radius 2 is 2.05 bits per heavy atom. The van der Waals surface area contributed by atoms with E-state index in [1.807, 2.05) is 4.90 Å². The molecule has 0 radical (unpaired) electrons. The van der Waals surface area contributed by atoms with Crippen LogP contribution in [0, 0.1) is 0 Å². The Morgan fingerprint density at radius 1 is 1.37 bits per heavy atom. The second-order valence-electron chi connectivity index (χ2n) is 4.83. The highest BCUT2D eigenvalue weighted by molar-refractivity contribution is 8.00. The van der Waals surface area contributed by atoms with Crippen molar-refractivity contribution in [3.63, 3.8) is 0 Å². The van der Waals surface area contributed by atoms with Gasteiger partial charge in [-0.15, -0.1) is 24.2 Å². The molecule has 2 aliphatic heterocycles. The second kappa shape index (κ2) is 7.97. The van der Waals surface area contributed by atoms with Crippen LogP contribution in [0.2, 0.25) is 0 Å². The Balaban J connectivity index is 0.00000180. The largest absolute Gasteiger partial charge is 0.339 e. The van der Waals surface area contributed by atoms with Gasteiger partial charge in [-0.25, -0.2) is 0 Å². The van der Waals surface area contributed by atoms with Crippen molar-refractivity contribution >= 4 is 36.0 Å². The molecule has 0 aromatic rings. The SMILES string of the molecule is CN(CC(=O)N1CCNCC1)C(=O)C1CCCS1.Cl.